The fourth-order valence-electron chi connectivity index (χ4n) is 1.61. The Hall–Kier alpha value is -0.770. The maximum atomic E-state index is 9.31. The molecule has 0 spiro atoms. The van der Waals surface area contributed by atoms with Gasteiger partial charge in [-0.1, -0.05) is 17.7 Å². The van der Waals surface area contributed by atoms with Crippen LogP contribution in [0.5, 0.6) is 0 Å². The van der Waals surface area contributed by atoms with E-state index < -0.39 is 0 Å². The highest BCUT2D eigenvalue weighted by molar-refractivity contribution is 6.33. The van der Waals surface area contributed by atoms with Gasteiger partial charge in [0.05, 0.1) is 16.8 Å². The number of nitrogens with zero attached hydrogens (tertiary/aromatic N) is 1. The molecule has 16 heavy (non-hydrogen) atoms. The fraction of sp³-hybridized carbons (Fsp3) is 0.500. The van der Waals surface area contributed by atoms with Crippen molar-refractivity contribution in [2.24, 2.45) is 5.73 Å². The van der Waals surface area contributed by atoms with E-state index in [-0.39, 0.29) is 12.1 Å². The van der Waals surface area contributed by atoms with Crippen LogP contribution in [0.1, 0.15) is 25.5 Å². The van der Waals surface area contributed by atoms with Gasteiger partial charge in [0, 0.05) is 19.6 Å². The van der Waals surface area contributed by atoms with Gasteiger partial charge >= 0.3 is 0 Å². The number of nitrogens with two attached hydrogens (primary N) is 1. The van der Waals surface area contributed by atoms with Crippen LogP contribution in [0.25, 0.3) is 0 Å². The summed E-state index contributed by atoms with van der Waals surface area (Å²) in [6.07, 6.45) is -0.380. The van der Waals surface area contributed by atoms with E-state index in [1.165, 1.54) is 0 Å². The van der Waals surface area contributed by atoms with Crippen LogP contribution in [-0.4, -0.2) is 24.8 Å². The second-order valence-electron chi connectivity index (χ2n) is 4.23. The molecule has 1 rings (SSSR count). The summed E-state index contributed by atoms with van der Waals surface area (Å²) in [7, 11) is 1.90. The van der Waals surface area contributed by atoms with Crippen molar-refractivity contribution in [3.8, 4) is 0 Å². The summed E-state index contributed by atoms with van der Waals surface area (Å²) in [5, 5.41) is 9.98. The van der Waals surface area contributed by atoms with Gasteiger partial charge < -0.3 is 15.7 Å². The van der Waals surface area contributed by atoms with Crippen LogP contribution >= 0.6 is 11.6 Å². The molecule has 1 aromatic carbocycles. The van der Waals surface area contributed by atoms with Gasteiger partial charge in [-0.05, 0) is 31.5 Å². The Balaban J connectivity index is 2.90. The highest BCUT2D eigenvalue weighted by atomic mass is 35.5. The van der Waals surface area contributed by atoms with Crippen molar-refractivity contribution in [1.29, 1.82) is 0 Å². The molecule has 4 heteroatoms. The first kappa shape index (κ1) is 13.3. The van der Waals surface area contributed by atoms with E-state index in [0.29, 0.717) is 11.6 Å². The molecule has 0 saturated heterocycles. The second kappa shape index (κ2) is 5.53. The Kier molecular flexibility index (Phi) is 4.59. The van der Waals surface area contributed by atoms with Crippen LogP contribution < -0.4 is 10.6 Å². The molecule has 0 aliphatic heterocycles. The summed E-state index contributed by atoms with van der Waals surface area (Å²) in [6.45, 7) is 4.23. The molecule has 0 radical (unpaired) electrons. The predicted molar refractivity (Wildman–Crippen MR) is 69.0 cm³/mol. The average Bonchev–Trinajstić information content (AvgIpc) is 2.15. The van der Waals surface area contributed by atoms with Crippen molar-refractivity contribution in [3.05, 3.63) is 28.8 Å². The smallest absolute Gasteiger partial charge is 0.0686 e. The van der Waals surface area contributed by atoms with Crippen molar-refractivity contribution in [2.75, 3.05) is 18.5 Å². The zero-order valence-electron chi connectivity index (χ0n) is 9.94. The van der Waals surface area contributed by atoms with E-state index in [0.717, 1.165) is 11.3 Å². The zero-order valence-corrected chi connectivity index (χ0v) is 10.7. The number of anilines is 1. The van der Waals surface area contributed by atoms with Crippen molar-refractivity contribution in [3.63, 3.8) is 0 Å². The lowest BCUT2D eigenvalue weighted by molar-refractivity contribution is 0.201. The van der Waals surface area contributed by atoms with E-state index in [4.69, 9.17) is 17.3 Å². The number of benzene rings is 1. The number of aliphatic hydroxyl groups excluding tert-OH is 1. The van der Waals surface area contributed by atoms with Crippen molar-refractivity contribution in [2.45, 2.75) is 26.0 Å². The third-order valence-electron chi connectivity index (χ3n) is 2.45. The normalized spacial score (nSPS) is 14.6. The minimum Gasteiger partial charge on any atom is -0.392 e. The largest absolute Gasteiger partial charge is 0.392 e. The first-order chi connectivity index (χ1) is 7.41. The van der Waals surface area contributed by atoms with Crippen LogP contribution in [0.2, 0.25) is 5.02 Å². The SMILES string of the molecule is CC(O)CN(C)c1ccc([C@H](C)N)cc1Cl. The molecule has 0 fully saturated rings. The minimum atomic E-state index is -0.380. The van der Waals surface area contributed by atoms with Gasteiger partial charge in [0.25, 0.3) is 0 Å². The molecule has 0 aromatic heterocycles. The number of likely N-dealkylation sites (N-methyl/N-ethyl adjacent to an activating group) is 1. The molecular formula is C12H19ClN2O. The molecule has 0 bridgehead atoms. The molecule has 1 aromatic rings. The zero-order chi connectivity index (χ0) is 12.3. The molecule has 2 atom stereocenters. The Morgan fingerprint density at radius 1 is 1.44 bits per heavy atom. The van der Waals surface area contributed by atoms with Gasteiger partial charge in [-0.15, -0.1) is 0 Å². The van der Waals surface area contributed by atoms with Gasteiger partial charge in [0.1, 0.15) is 0 Å². The fourth-order valence-corrected chi connectivity index (χ4v) is 1.94. The topological polar surface area (TPSA) is 49.5 Å². The van der Waals surface area contributed by atoms with Crippen LogP contribution in [0, 0.1) is 0 Å². The minimum absolute atomic E-state index is 0.0198. The number of hydrogen-bond donors (Lipinski definition) is 2. The van der Waals surface area contributed by atoms with E-state index in [1.54, 1.807) is 6.92 Å². The Morgan fingerprint density at radius 3 is 2.50 bits per heavy atom. The number of halogens is 1. The van der Waals surface area contributed by atoms with Crippen LogP contribution in [-0.2, 0) is 0 Å². The van der Waals surface area contributed by atoms with Gasteiger partial charge in [-0.25, -0.2) is 0 Å². The van der Waals surface area contributed by atoms with Gasteiger partial charge in [-0.3, -0.25) is 0 Å². The number of hydrogen-bond acceptors (Lipinski definition) is 3. The third kappa shape index (κ3) is 3.37. The lowest BCUT2D eigenvalue weighted by Gasteiger charge is -2.22. The maximum absolute atomic E-state index is 9.31. The van der Waals surface area contributed by atoms with Crippen LogP contribution in [0.15, 0.2) is 18.2 Å². The second-order valence-corrected chi connectivity index (χ2v) is 4.64. The quantitative estimate of drug-likeness (QED) is 0.851. The van der Waals surface area contributed by atoms with Crippen LogP contribution in [0.3, 0.4) is 0 Å². The summed E-state index contributed by atoms with van der Waals surface area (Å²) < 4.78 is 0. The molecule has 3 nitrogen and oxygen atoms in total. The van der Waals surface area contributed by atoms with Crippen LogP contribution in [0.4, 0.5) is 5.69 Å². The van der Waals surface area contributed by atoms with E-state index in [2.05, 4.69) is 0 Å². The Bertz CT molecular complexity index is 353. The molecule has 0 aliphatic carbocycles. The third-order valence-corrected chi connectivity index (χ3v) is 2.75. The average molecular weight is 243 g/mol. The lowest BCUT2D eigenvalue weighted by atomic mass is 10.1. The molecule has 0 amide bonds. The first-order valence-electron chi connectivity index (χ1n) is 5.36. The molecule has 3 N–H and O–H groups in total. The Labute approximate surface area is 102 Å². The summed E-state index contributed by atoms with van der Waals surface area (Å²) in [6, 6.07) is 5.75. The molecule has 0 heterocycles. The molecule has 90 valence electrons. The van der Waals surface area contributed by atoms with Gasteiger partial charge in [0.2, 0.25) is 0 Å². The number of aliphatic hydroxyl groups is 1. The molecule has 0 aliphatic rings. The van der Waals surface area contributed by atoms with Crippen molar-refractivity contribution in [1.82, 2.24) is 0 Å². The maximum Gasteiger partial charge on any atom is 0.0686 e. The van der Waals surface area contributed by atoms with Crippen molar-refractivity contribution >= 4 is 17.3 Å². The molecule has 0 saturated carbocycles. The highest BCUT2D eigenvalue weighted by Gasteiger charge is 2.10. The Morgan fingerprint density at radius 2 is 2.06 bits per heavy atom. The monoisotopic (exact) mass is 242 g/mol. The van der Waals surface area contributed by atoms with Gasteiger partial charge in [0.15, 0.2) is 0 Å². The summed E-state index contributed by atoms with van der Waals surface area (Å²) in [5.74, 6) is 0. The lowest BCUT2D eigenvalue weighted by Crippen LogP contribution is -2.27. The highest BCUT2D eigenvalue weighted by Crippen LogP contribution is 2.27. The van der Waals surface area contributed by atoms with Crippen molar-refractivity contribution < 1.29 is 5.11 Å². The van der Waals surface area contributed by atoms with E-state index in [9.17, 15) is 5.11 Å². The predicted octanol–water partition coefficient (Wildman–Crippen LogP) is 2.18. The number of rotatable bonds is 4. The van der Waals surface area contributed by atoms with E-state index >= 15 is 0 Å². The summed E-state index contributed by atoms with van der Waals surface area (Å²) in [4.78, 5) is 1.93. The molecular weight excluding hydrogens is 224 g/mol. The van der Waals surface area contributed by atoms with Gasteiger partial charge in [-0.2, -0.15) is 0 Å². The summed E-state index contributed by atoms with van der Waals surface area (Å²) in [5.41, 5.74) is 7.70. The standard InChI is InChI=1S/C12H19ClN2O/c1-8(16)7-15(3)12-5-4-10(9(2)14)6-11(12)13/h4-6,8-9,16H,7,14H2,1-3H3/t8?,9-/m0/s1. The van der Waals surface area contributed by atoms with E-state index in [1.807, 2.05) is 37.1 Å². The molecule has 1 unspecified atom stereocenters. The summed E-state index contributed by atoms with van der Waals surface area (Å²) >= 11 is 6.17. The first-order valence-corrected chi connectivity index (χ1v) is 5.74.